The molecule has 20 heavy (non-hydrogen) atoms. The normalized spacial score (nSPS) is 11.5. The Morgan fingerprint density at radius 1 is 1.40 bits per heavy atom. The van der Waals surface area contributed by atoms with Crippen molar-refractivity contribution < 1.29 is 4.74 Å². The number of hydrogen-bond acceptors (Lipinski definition) is 5. The number of guanidine groups is 1. The van der Waals surface area contributed by atoms with Crippen LogP contribution in [0.1, 0.15) is 19.5 Å². The number of aliphatic imine (C=N–C) groups is 1. The summed E-state index contributed by atoms with van der Waals surface area (Å²) >= 11 is 1.63. The van der Waals surface area contributed by atoms with Crippen molar-refractivity contribution in [2.24, 2.45) is 4.99 Å². The van der Waals surface area contributed by atoms with Crippen molar-refractivity contribution in [3.63, 3.8) is 0 Å². The minimum Gasteiger partial charge on any atom is -0.380 e. The molecule has 0 aliphatic rings. The third kappa shape index (κ3) is 6.21. The topological polar surface area (TPSA) is 61.8 Å². The van der Waals surface area contributed by atoms with E-state index in [9.17, 15) is 0 Å². The van der Waals surface area contributed by atoms with E-state index in [4.69, 9.17) is 4.74 Å². The molecule has 0 spiro atoms. The van der Waals surface area contributed by atoms with Crippen LogP contribution in [0.25, 0.3) is 0 Å². The summed E-state index contributed by atoms with van der Waals surface area (Å²) in [4.78, 5) is 11.0. The van der Waals surface area contributed by atoms with Crippen molar-refractivity contribution in [3.05, 3.63) is 11.1 Å². The molecule has 0 aromatic carbocycles. The van der Waals surface area contributed by atoms with Gasteiger partial charge in [0.05, 0.1) is 18.8 Å². The molecule has 1 aromatic heterocycles. The standard InChI is InChI=1S/C13H25N5OS/c1-5-14-12(15-7-8-19-6-2)16-9-11-10-20-13(17-11)18(3)4/h10H,5-9H2,1-4H3,(H2,14,15,16). The number of thiazole rings is 1. The van der Waals surface area contributed by atoms with Crippen LogP contribution in [0.3, 0.4) is 0 Å². The molecule has 0 saturated carbocycles. The molecule has 0 aliphatic heterocycles. The van der Waals surface area contributed by atoms with E-state index in [1.807, 2.05) is 38.2 Å². The first-order valence-electron chi connectivity index (χ1n) is 6.89. The summed E-state index contributed by atoms with van der Waals surface area (Å²) in [6.07, 6.45) is 0. The highest BCUT2D eigenvalue weighted by molar-refractivity contribution is 7.13. The zero-order valence-corrected chi connectivity index (χ0v) is 13.6. The molecule has 7 heteroatoms. The van der Waals surface area contributed by atoms with Gasteiger partial charge in [0.15, 0.2) is 11.1 Å². The van der Waals surface area contributed by atoms with Crippen molar-refractivity contribution in [2.45, 2.75) is 20.4 Å². The lowest BCUT2D eigenvalue weighted by atomic mass is 10.5. The van der Waals surface area contributed by atoms with Gasteiger partial charge in [-0.15, -0.1) is 11.3 Å². The largest absolute Gasteiger partial charge is 0.380 e. The van der Waals surface area contributed by atoms with Gasteiger partial charge in [0.1, 0.15) is 0 Å². The van der Waals surface area contributed by atoms with E-state index >= 15 is 0 Å². The van der Waals surface area contributed by atoms with Gasteiger partial charge in [0.25, 0.3) is 0 Å². The van der Waals surface area contributed by atoms with Crippen molar-refractivity contribution in [3.8, 4) is 0 Å². The number of anilines is 1. The van der Waals surface area contributed by atoms with Crippen LogP contribution in [-0.2, 0) is 11.3 Å². The summed E-state index contributed by atoms with van der Waals surface area (Å²) in [5, 5.41) is 9.49. The highest BCUT2D eigenvalue weighted by Crippen LogP contribution is 2.18. The molecule has 0 aliphatic carbocycles. The van der Waals surface area contributed by atoms with Gasteiger partial charge in [-0.1, -0.05) is 0 Å². The number of rotatable bonds is 8. The van der Waals surface area contributed by atoms with E-state index < -0.39 is 0 Å². The Balaban J connectivity index is 2.47. The van der Waals surface area contributed by atoms with E-state index in [-0.39, 0.29) is 0 Å². The lowest BCUT2D eigenvalue weighted by molar-refractivity contribution is 0.152. The van der Waals surface area contributed by atoms with E-state index in [0.717, 1.165) is 36.5 Å². The summed E-state index contributed by atoms with van der Waals surface area (Å²) in [7, 11) is 3.98. The first kappa shape index (κ1) is 16.7. The van der Waals surface area contributed by atoms with Crippen LogP contribution in [0.5, 0.6) is 0 Å². The summed E-state index contributed by atoms with van der Waals surface area (Å²) in [5.41, 5.74) is 0.987. The Morgan fingerprint density at radius 2 is 2.20 bits per heavy atom. The molecule has 0 bridgehead atoms. The van der Waals surface area contributed by atoms with Gasteiger partial charge >= 0.3 is 0 Å². The van der Waals surface area contributed by atoms with Gasteiger partial charge in [-0.05, 0) is 13.8 Å². The lowest BCUT2D eigenvalue weighted by Crippen LogP contribution is -2.39. The Labute approximate surface area is 125 Å². The average Bonchev–Trinajstić information content (AvgIpc) is 2.90. The molecule has 0 fully saturated rings. The molecule has 2 N–H and O–H groups in total. The zero-order valence-electron chi connectivity index (χ0n) is 12.8. The smallest absolute Gasteiger partial charge is 0.191 e. The van der Waals surface area contributed by atoms with Crippen LogP contribution < -0.4 is 15.5 Å². The summed E-state index contributed by atoms with van der Waals surface area (Å²) in [6.45, 7) is 7.62. The van der Waals surface area contributed by atoms with Crippen LogP contribution >= 0.6 is 11.3 Å². The molecule has 0 amide bonds. The van der Waals surface area contributed by atoms with Crippen LogP contribution in [0, 0.1) is 0 Å². The second kappa shape index (κ2) is 9.55. The fraction of sp³-hybridized carbons (Fsp3) is 0.692. The molecule has 1 rings (SSSR count). The summed E-state index contributed by atoms with van der Waals surface area (Å²) in [5.74, 6) is 0.798. The van der Waals surface area contributed by atoms with Crippen molar-refractivity contribution in [1.82, 2.24) is 15.6 Å². The van der Waals surface area contributed by atoms with Crippen molar-refractivity contribution in [1.29, 1.82) is 0 Å². The molecular formula is C13H25N5OS. The van der Waals surface area contributed by atoms with Crippen LogP contribution in [0.15, 0.2) is 10.4 Å². The summed E-state index contributed by atoms with van der Waals surface area (Å²) in [6, 6.07) is 0. The fourth-order valence-corrected chi connectivity index (χ4v) is 2.21. The number of nitrogens with one attached hydrogen (secondary N) is 2. The Bertz CT molecular complexity index is 405. The minimum absolute atomic E-state index is 0.578. The van der Waals surface area contributed by atoms with E-state index in [0.29, 0.717) is 13.2 Å². The highest BCUT2D eigenvalue weighted by Gasteiger charge is 2.03. The predicted octanol–water partition coefficient (Wildman–Crippen LogP) is 1.30. The van der Waals surface area contributed by atoms with Crippen molar-refractivity contribution >= 4 is 22.4 Å². The number of ether oxygens (including phenoxy) is 1. The van der Waals surface area contributed by atoms with Gasteiger partial charge in [0.2, 0.25) is 0 Å². The zero-order chi connectivity index (χ0) is 14.8. The lowest BCUT2D eigenvalue weighted by Gasteiger charge is -2.10. The van der Waals surface area contributed by atoms with Gasteiger partial charge in [-0.2, -0.15) is 0 Å². The van der Waals surface area contributed by atoms with E-state index in [2.05, 4.69) is 20.6 Å². The molecule has 0 saturated heterocycles. The van der Waals surface area contributed by atoms with Gasteiger partial charge in [0, 0.05) is 39.2 Å². The fourth-order valence-electron chi connectivity index (χ4n) is 1.46. The molecule has 1 heterocycles. The maximum absolute atomic E-state index is 5.29. The number of hydrogen-bond donors (Lipinski definition) is 2. The molecule has 0 unspecified atom stereocenters. The number of nitrogens with zero attached hydrogens (tertiary/aromatic N) is 3. The van der Waals surface area contributed by atoms with Gasteiger partial charge in [-0.25, -0.2) is 9.98 Å². The second-order valence-electron chi connectivity index (χ2n) is 4.33. The molecule has 6 nitrogen and oxygen atoms in total. The monoisotopic (exact) mass is 299 g/mol. The third-order valence-corrected chi connectivity index (χ3v) is 3.47. The second-order valence-corrected chi connectivity index (χ2v) is 5.17. The first-order valence-corrected chi connectivity index (χ1v) is 7.77. The molecule has 1 aromatic rings. The molecule has 0 atom stereocenters. The van der Waals surface area contributed by atoms with Gasteiger partial charge < -0.3 is 20.3 Å². The Hall–Kier alpha value is -1.34. The summed E-state index contributed by atoms with van der Waals surface area (Å²) < 4.78 is 5.29. The molecule has 114 valence electrons. The Kier molecular flexibility index (Phi) is 7.98. The van der Waals surface area contributed by atoms with Crippen LogP contribution in [-0.4, -0.2) is 51.3 Å². The quantitative estimate of drug-likeness (QED) is 0.430. The predicted molar refractivity (Wildman–Crippen MR) is 85.8 cm³/mol. The number of aromatic nitrogens is 1. The first-order chi connectivity index (χ1) is 9.67. The van der Waals surface area contributed by atoms with E-state index in [1.54, 1.807) is 11.3 Å². The van der Waals surface area contributed by atoms with Crippen LogP contribution in [0.4, 0.5) is 5.13 Å². The minimum atomic E-state index is 0.578. The van der Waals surface area contributed by atoms with Crippen molar-refractivity contribution in [2.75, 3.05) is 45.3 Å². The SMILES string of the molecule is CCNC(=NCc1csc(N(C)C)n1)NCCOCC. The Morgan fingerprint density at radius 3 is 2.80 bits per heavy atom. The third-order valence-electron chi connectivity index (χ3n) is 2.41. The highest BCUT2D eigenvalue weighted by atomic mass is 32.1. The molecule has 0 radical (unpaired) electrons. The average molecular weight is 299 g/mol. The maximum atomic E-state index is 5.29. The maximum Gasteiger partial charge on any atom is 0.191 e. The molecular weight excluding hydrogens is 274 g/mol. The van der Waals surface area contributed by atoms with E-state index in [1.165, 1.54) is 0 Å². The van der Waals surface area contributed by atoms with Gasteiger partial charge in [-0.3, -0.25) is 0 Å². The van der Waals surface area contributed by atoms with Crippen LogP contribution in [0.2, 0.25) is 0 Å².